The highest BCUT2D eigenvalue weighted by atomic mass is 35.5. The van der Waals surface area contributed by atoms with Crippen LogP contribution < -0.4 is 10.1 Å². The Balaban J connectivity index is 1.50. The molecule has 1 amide bonds. The molecule has 1 N–H and O–H groups in total. The average molecular weight is 414 g/mol. The Labute approximate surface area is 180 Å². The molecule has 3 nitrogen and oxygen atoms in total. The van der Waals surface area contributed by atoms with E-state index in [1.165, 1.54) is 0 Å². The fourth-order valence-electron chi connectivity index (χ4n) is 3.25. The average Bonchev–Trinajstić information content (AvgIpc) is 2.78. The van der Waals surface area contributed by atoms with Gasteiger partial charge in [0.2, 0.25) is 5.91 Å². The molecule has 4 aromatic carbocycles. The van der Waals surface area contributed by atoms with Gasteiger partial charge in [-0.25, -0.2) is 0 Å². The summed E-state index contributed by atoms with van der Waals surface area (Å²) in [4.78, 5) is 13.2. The molecule has 4 rings (SSSR count). The molecule has 0 aliphatic rings. The first kappa shape index (κ1) is 19.7. The standard InChI is InChI=1S/C26H20ClNO2/c27-21-11-15-23(16-12-21)30-24-17-13-22(14-18-24)28-26(29)25(19-7-3-1-4-8-19)20-9-5-2-6-10-20/h1-18,25H,(H,28,29). The number of hydrogen-bond acceptors (Lipinski definition) is 2. The van der Waals surface area contributed by atoms with Crippen molar-refractivity contribution >= 4 is 23.2 Å². The van der Waals surface area contributed by atoms with Gasteiger partial charge >= 0.3 is 0 Å². The topological polar surface area (TPSA) is 38.3 Å². The quantitative estimate of drug-likeness (QED) is 0.373. The fraction of sp³-hybridized carbons (Fsp3) is 0.0385. The molecule has 0 bridgehead atoms. The van der Waals surface area contributed by atoms with Crippen molar-refractivity contribution in [2.24, 2.45) is 0 Å². The first-order valence-corrected chi connectivity index (χ1v) is 10.0. The summed E-state index contributed by atoms with van der Waals surface area (Å²) >= 11 is 5.90. The number of anilines is 1. The zero-order valence-electron chi connectivity index (χ0n) is 16.2. The number of carbonyl (C=O) groups is 1. The van der Waals surface area contributed by atoms with Crippen LogP contribution in [0.1, 0.15) is 17.0 Å². The molecule has 4 aromatic rings. The lowest BCUT2D eigenvalue weighted by atomic mass is 9.90. The Morgan fingerprint density at radius 1 is 0.667 bits per heavy atom. The minimum absolute atomic E-state index is 0.0845. The van der Waals surface area contributed by atoms with E-state index in [1.807, 2.05) is 97.1 Å². The van der Waals surface area contributed by atoms with E-state index < -0.39 is 5.92 Å². The number of halogens is 1. The summed E-state index contributed by atoms with van der Waals surface area (Å²) in [6.07, 6.45) is 0. The van der Waals surface area contributed by atoms with Crippen LogP contribution in [0, 0.1) is 0 Å². The summed E-state index contributed by atoms with van der Waals surface area (Å²) in [5.41, 5.74) is 2.60. The van der Waals surface area contributed by atoms with E-state index in [9.17, 15) is 4.79 Å². The molecule has 0 atom stereocenters. The molecule has 0 saturated heterocycles. The van der Waals surface area contributed by atoms with E-state index in [4.69, 9.17) is 16.3 Å². The van der Waals surface area contributed by atoms with Crippen molar-refractivity contribution in [2.75, 3.05) is 5.32 Å². The van der Waals surface area contributed by atoms with Crippen molar-refractivity contribution in [3.63, 3.8) is 0 Å². The van der Waals surface area contributed by atoms with Gasteiger partial charge in [0.05, 0.1) is 5.92 Å². The smallest absolute Gasteiger partial charge is 0.236 e. The summed E-state index contributed by atoms with van der Waals surface area (Å²) in [5.74, 6) is 0.901. The summed E-state index contributed by atoms with van der Waals surface area (Å²) < 4.78 is 5.81. The summed E-state index contributed by atoms with van der Waals surface area (Å²) in [6.45, 7) is 0. The molecule has 0 aromatic heterocycles. The van der Waals surface area contributed by atoms with E-state index >= 15 is 0 Å². The molecule has 0 saturated carbocycles. The first-order chi connectivity index (χ1) is 14.7. The third-order valence-electron chi connectivity index (χ3n) is 4.70. The van der Waals surface area contributed by atoms with E-state index in [1.54, 1.807) is 12.1 Å². The van der Waals surface area contributed by atoms with Crippen molar-refractivity contribution in [1.29, 1.82) is 0 Å². The van der Waals surface area contributed by atoms with Crippen LogP contribution in [0.25, 0.3) is 0 Å². The SMILES string of the molecule is O=C(Nc1ccc(Oc2ccc(Cl)cc2)cc1)C(c1ccccc1)c1ccccc1. The maximum atomic E-state index is 13.2. The minimum Gasteiger partial charge on any atom is -0.457 e. The number of ether oxygens (including phenoxy) is 1. The number of benzene rings is 4. The van der Waals surface area contributed by atoms with Gasteiger partial charge in [0.25, 0.3) is 0 Å². The predicted molar refractivity (Wildman–Crippen MR) is 121 cm³/mol. The van der Waals surface area contributed by atoms with Crippen LogP contribution in [-0.2, 0) is 4.79 Å². The third kappa shape index (κ3) is 4.88. The lowest BCUT2D eigenvalue weighted by Crippen LogP contribution is -2.22. The zero-order valence-corrected chi connectivity index (χ0v) is 16.9. The van der Waals surface area contributed by atoms with Crippen LogP contribution in [-0.4, -0.2) is 5.91 Å². The van der Waals surface area contributed by atoms with Crippen LogP contribution >= 0.6 is 11.6 Å². The second-order valence-corrected chi connectivity index (χ2v) is 7.26. The fourth-order valence-corrected chi connectivity index (χ4v) is 3.37. The number of rotatable bonds is 6. The molecule has 0 heterocycles. The third-order valence-corrected chi connectivity index (χ3v) is 4.95. The maximum absolute atomic E-state index is 13.2. The molecule has 0 aliphatic heterocycles. The summed E-state index contributed by atoms with van der Waals surface area (Å²) in [7, 11) is 0. The van der Waals surface area contributed by atoms with Crippen molar-refractivity contribution in [2.45, 2.75) is 5.92 Å². The van der Waals surface area contributed by atoms with Crippen molar-refractivity contribution in [3.8, 4) is 11.5 Å². The molecule has 0 aliphatic carbocycles. The second kappa shape index (κ2) is 9.29. The molecular formula is C26H20ClNO2. The second-order valence-electron chi connectivity index (χ2n) is 6.82. The van der Waals surface area contributed by atoms with Gasteiger partial charge in [0.15, 0.2) is 0 Å². The maximum Gasteiger partial charge on any atom is 0.236 e. The van der Waals surface area contributed by atoms with Gasteiger partial charge in [0.1, 0.15) is 11.5 Å². The van der Waals surface area contributed by atoms with Crippen LogP contribution in [0.15, 0.2) is 109 Å². The largest absolute Gasteiger partial charge is 0.457 e. The highest BCUT2D eigenvalue weighted by molar-refractivity contribution is 6.30. The molecule has 0 fully saturated rings. The predicted octanol–water partition coefficient (Wildman–Crippen LogP) is 6.90. The minimum atomic E-state index is -0.391. The number of nitrogens with one attached hydrogen (secondary N) is 1. The summed E-state index contributed by atoms with van der Waals surface area (Å²) in [6, 6.07) is 34.0. The normalized spacial score (nSPS) is 10.6. The van der Waals surface area contributed by atoms with Gasteiger partial charge in [0, 0.05) is 10.7 Å². The number of carbonyl (C=O) groups excluding carboxylic acids is 1. The lowest BCUT2D eigenvalue weighted by molar-refractivity contribution is -0.116. The Morgan fingerprint density at radius 3 is 1.63 bits per heavy atom. The molecule has 0 spiro atoms. The van der Waals surface area contributed by atoms with Gasteiger partial charge in [-0.2, -0.15) is 0 Å². The van der Waals surface area contributed by atoms with Crippen molar-refractivity contribution in [3.05, 3.63) is 125 Å². The Bertz CT molecular complexity index is 1060. The molecule has 4 heteroatoms. The van der Waals surface area contributed by atoms with E-state index in [0.29, 0.717) is 22.2 Å². The number of hydrogen-bond donors (Lipinski definition) is 1. The summed E-state index contributed by atoms with van der Waals surface area (Å²) in [5, 5.41) is 3.68. The zero-order chi connectivity index (χ0) is 20.8. The van der Waals surface area contributed by atoms with Crippen molar-refractivity contribution < 1.29 is 9.53 Å². The molecular weight excluding hydrogens is 394 g/mol. The van der Waals surface area contributed by atoms with Crippen LogP contribution in [0.4, 0.5) is 5.69 Å². The highest BCUT2D eigenvalue weighted by Crippen LogP contribution is 2.28. The molecule has 30 heavy (non-hydrogen) atoms. The monoisotopic (exact) mass is 413 g/mol. The molecule has 0 radical (unpaired) electrons. The van der Waals surface area contributed by atoms with E-state index in [0.717, 1.165) is 11.1 Å². The van der Waals surface area contributed by atoms with Crippen LogP contribution in [0.2, 0.25) is 5.02 Å². The van der Waals surface area contributed by atoms with Crippen molar-refractivity contribution in [1.82, 2.24) is 0 Å². The Kier molecular flexibility index (Phi) is 6.11. The van der Waals surface area contributed by atoms with Gasteiger partial charge in [-0.05, 0) is 59.7 Å². The Morgan fingerprint density at radius 2 is 1.13 bits per heavy atom. The van der Waals surface area contributed by atoms with Crippen LogP contribution in [0.5, 0.6) is 11.5 Å². The van der Waals surface area contributed by atoms with Gasteiger partial charge in [-0.15, -0.1) is 0 Å². The van der Waals surface area contributed by atoms with E-state index in [-0.39, 0.29) is 5.91 Å². The molecule has 0 unspecified atom stereocenters. The lowest BCUT2D eigenvalue weighted by Gasteiger charge is -2.18. The first-order valence-electron chi connectivity index (χ1n) is 9.63. The van der Waals surface area contributed by atoms with Gasteiger partial charge < -0.3 is 10.1 Å². The number of amides is 1. The molecule has 148 valence electrons. The van der Waals surface area contributed by atoms with Gasteiger partial charge in [-0.3, -0.25) is 4.79 Å². The van der Waals surface area contributed by atoms with Gasteiger partial charge in [-0.1, -0.05) is 72.3 Å². The van der Waals surface area contributed by atoms with E-state index in [2.05, 4.69) is 5.32 Å². The Hall–Kier alpha value is -3.56. The highest BCUT2D eigenvalue weighted by Gasteiger charge is 2.22. The van der Waals surface area contributed by atoms with Crippen LogP contribution in [0.3, 0.4) is 0 Å².